The second-order valence-corrected chi connectivity index (χ2v) is 5.99. The van der Waals surface area contributed by atoms with Crippen LogP contribution in [-0.2, 0) is 6.18 Å². The molecular formula is C16H14ClF3N4O. The molecule has 1 aromatic heterocycles. The first-order valence-corrected chi connectivity index (χ1v) is 7.81. The maximum absolute atomic E-state index is 12.7. The highest BCUT2D eigenvalue weighted by atomic mass is 35.5. The molecule has 1 aliphatic rings. The van der Waals surface area contributed by atoms with Gasteiger partial charge < -0.3 is 15.5 Å². The molecule has 2 heterocycles. The van der Waals surface area contributed by atoms with Crippen molar-refractivity contribution in [3.8, 4) is 0 Å². The van der Waals surface area contributed by atoms with Gasteiger partial charge >= 0.3 is 12.2 Å². The van der Waals surface area contributed by atoms with Crippen LogP contribution in [0, 0.1) is 0 Å². The lowest BCUT2D eigenvalue weighted by atomic mass is 10.1. The van der Waals surface area contributed by atoms with Gasteiger partial charge in [-0.15, -0.1) is 0 Å². The monoisotopic (exact) mass is 370 g/mol. The summed E-state index contributed by atoms with van der Waals surface area (Å²) < 4.78 is 38.2. The van der Waals surface area contributed by atoms with Crippen molar-refractivity contribution < 1.29 is 18.0 Å². The molecule has 9 heteroatoms. The molecule has 0 spiro atoms. The van der Waals surface area contributed by atoms with Gasteiger partial charge in [-0.05, 0) is 24.3 Å². The zero-order chi connectivity index (χ0) is 18.0. The topological polar surface area (TPSA) is 57.3 Å². The number of benzene rings is 1. The standard InChI is InChI=1S/C16H14ClF3N4O/c17-12-3-1-2-4-13(12)23-15(25)22-11-8-24(9-11)14-7-10(5-6-21-14)16(18,19)20/h1-7,11H,8-9H2,(H2,22,23,25). The molecule has 2 aromatic rings. The van der Waals surface area contributed by atoms with Gasteiger partial charge in [0, 0.05) is 19.3 Å². The minimum absolute atomic E-state index is 0.182. The predicted octanol–water partition coefficient (Wildman–Crippen LogP) is 3.76. The summed E-state index contributed by atoms with van der Waals surface area (Å²) in [6.45, 7) is 0.758. The Bertz CT molecular complexity index is 778. The molecule has 0 saturated carbocycles. The number of hydrogen-bond acceptors (Lipinski definition) is 3. The third kappa shape index (κ3) is 4.14. The van der Waals surface area contributed by atoms with Crippen molar-refractivity contribution in [3.05, 3.63) is 53.2 Å². The number of para-hydroxylation sites is 1. The van der Waals surface area contributed by atoms with Crippen molar-refractivity contribution in [3.63, 3.8) is 0 Å². The lowest BCUT2D eigenvalue weighted by Gasteiger charge is -2.40. The number of alkyl halides is 3. The molecule has 1 aliphatic heterocycles. The summed E-state index contributed by atoms with van der Waals surface area (Å²) in [5, 5.41) is 5.78. The summed E-state index contributed by atoms with van der Waals surface area (Å²) >= 11 is 5.96. The Morgan fingerprint density at radius 1 is 1.24 bits per heavy atom. The van der Waals surface area contributed by atoms with Gasteiger partial charge in [-0.25, -0.2) is 9.78 Å². The van der Waals surface area contributed by atoms with Crippen LogP contribution < -0.4 is 15.5 Å². The number of amides is 2. The highest BCUT2D eigenvalue weighted by Gasteiger charge is 2.33. The van der Waals surface area contributed by atoms with Gasteiger partial charge in [0.05, 0.1) is 22.3 Å². The van der Waals surface area contributed by atoms with E-state index in [4.69, 9.17) is 11.6 Å². The van der Waals surface area contributed by atoms with Crippen molar-refractivity contribution in [2.75, 3.05) is 23.3 Å². The lowest BCUT2D eigenvalue weighted by Crippen LogP contribution is -2.60. The second kappa shape index (κ2) is 6.79. The van der Waals surface area contributed by atoms with Gasteiger partial charge in [-0.1, -0.05) is 23.7 Å². The number of nitrogens with zero attached hydrogens (tertiary/aromatic N) is 2. The summed E-state index contributed by atoms with van der Waals surface area (Å²) in [5.74, 6) is 0.236. The van der Waals surface area contributed by atoms with Gasteiger partial charge in [-0.3, -0.25) is 0 Å². The Kier molecular flexibility index (Phi) is 4.71. The Hall–Kier alpha value is -2.48. The van der Waals surface area contributed by atoms with E-state index in [1.165, 1.54) is 0 Å². The molecule has 1 aromatic carbocycles. The van der Waals surface area contributed by atoms with Gasteiger partial charge in [0.1, 0.15) is 5.82 Å². The highest BCUT2D eigenvalue weighted by molar-refractivity contribution is 6.33. The summed E-state index contributed by atoms with van der Waals surface area (Å²) in [7, 11) is 0. The minimum atomic E-state index is -4.41. The molecule has 0 unspecified atom stereocenters. The fourth-order valence-corrected chi connectivity index (χ4v) is 2.61. The van der Waals surface area contributed by atoms with E-state index in [9.17, 15) is 18.0 Å². The largest absolute Gasteiger partial charge is 0.416 e. The molecule has 2 N–H and O–H groups in total. The third-order valence-corrected chi connectivity index (χ3v) is 4.07. The number of rotatable bonds is 3. The van der Waals surface area contributed by atoms with E-state index in [1.54, 1.807) is 29.2 Å². The molecule has 25 heavy (non-hydrogen) atoms. The maximum atomic E-state index is 12.7. The number of pyridine rings is 1. The van der Waals surface area contributed by atoms with Crippen LogP contribution in [0.25, 0.3) is 0 Å². The molecule has 1 saturated heterocycles. The molecule has 3 rings (SSSR count). The summed E-state index contributed by atoms with van der Waals surface area (Å²) in [5.41, 5.74) is -0.261. The maximum Gasteiger partial charge on any atom is 0.416 e. The molecule has 1 fully saturated rings. The van der Waals surface area contributed by atoms with Crippen LogP contribution in [0.15, 0.2) is 42.6 Å². The average Bonchev–Trinajstić information content (AvgIpc) is 2.52. The smallest absolute Gasteiger partial charge is 0.352 e. The van der Waals surface area contributed by atoms with Crippen LogP contribution in [0.2, 0.25) is 5.02 Å². The normalized spacial score (nSPS) is 14.8. The Balaban J connectivity index is 1.53. The van der Waals surface area contributed by atoms with E-state index in [-0.39, 0.29) is 11.9 Å². The molecule has 0 aliphatic carbocycles. The second-order valence-electron chi connectivity index (χ2n) is 5.58. The van der Waals surface area contributed by atoms with E-state index in [1.807, 2.05) is 0 Å². The number of halogens is 4. The van der Waals surface area contributed by atoms with Gasteiger partial charge in [0.2, 0.25) is 0 Å². The zero-order valence-electron chi connectivity index (χ0n) is 12.8. The van der Waals surface area contributed by atoms with Crippen LogP contribution in [0.5, 0.6) is 0 Å². The van der Waals surface area contributed by atoms with Crippen LogP contribution >= 0.6 is 11.6 Å². The summed E-state index contributed by atoms with van der Waals surface area (Å²) in [6.07, 6.45) is -3.28. The van der Waals surface area contributed by atoms with Crippen molar-refractivity contribution >= 4 is 29.1 Å². The highest BCUT2D eigenvalue weighted by Crippen LogP contribution is 2.31. The molecule has 5 nitrogen and oxygen atoms in total. The Labute approximate surface area is 146 Å². The van der Waals surface area contributed by atoms with E-state index in [0.717, 1.165) is 18.3 Å². The van der Waals surface area contributed by atoms with Crippen molar-refractivity contribution in [2.45, 2.75) is 12.2 Å². The number of carbonyl (C=O) groups is 1. The molecule has 0 atom stereocenters. The van der Waals surface area contributed by atoms with Gasteiger partial charge in [0.25, 0.3) is 0 Å². The van der Waals surface area contributed by atoms with Gasteiger partial charge in [0.15, 0.2) is 0 Å². The molecule has 0 bridgehead atoms. The van der Waals surface area contributed by atoms with E-state index in [2.05, 4.69) is 15.6 Å². The van der Waals surface area contributed by atoms with E-state index >= 15 is 0 Å². The number of nitrogens with one attached hydrogen (secondary N) is 2. The van der Waals surface area contributed by atoms with Crippen LogP contribution in [0.3, 0.4) is 0 Å². The fourth-order valence-electron chi connectivity index (χ4n) is 2.43. The van der Waals surface area contributed by atoms with Crippen LogP contribution in [0.4, 0.5) is 29.5 Å². The van der Waals surface area contributed by atoms with Crippen molar-refractivity contribution in [2.24, 2.45) is 0 Å². The molecule has 0 radical (unpaired) electrons. The number of hydrogen-bond donors (Lipinski definition) is 2. The van der Waals surface area contributed by atoms with Gasteiger partial charge in [-0.2, -0.15) is 13.2 Å². The first-order chi connectivity index (χ1) is 11.8. The summed E-state index contributed by atoms with van der Waals surface area (Å²) in [4.78, 5) is 17.5. The first kappa shape index (κ1) is 17.3. The summed E-state index contributed by atoms with van der Waals surface area (Å²) in [6, 6.07) is 8.14. The lowest BCUT2D eigenvalue weighted by molar-refractivity contribution is -0.137. The van der Waals surface area contributed by atoms with Crippen LogP contribution in [-0.4, -0.2) is 30.1 Å². The quantitative estimate of drug-likeness (QED) is 0.864. The molecule has 2 amide bonds. The third-order valence-electron chi connectivity index (χ3n) is 3.74. The fraction of sp³-hybridized carbons (Fsp3) is 0.250. The SMILES string of the molecule is O=C(Nc1ccccc1Cl)NC1CN(c2cc(C(F)(F)F)ccn2)C1. The zero-order valence-corrected chi connectivity index (χ0v) is 13.6. The average molecular weight is 371 g/mol. The number of urea groups is 1. The van der Waals surface area contributed by atoms with Crippen molar-refractivity contribution in [1.82, 2.24) is 10.3 Å². The number of anilines is 2. The first-order valence-electron chi connectivity index (χ1n) is 7.43. The molecular weight excluding hydrogens is 357 g/mol. The minimum Gasteiger partial charge on any atom is -0.352 e. The number of aromatic nitrogens is 1. The van der Waals surface area contributed by atoms with E-state index in [0.29, 0.717) is 23.8 Å². The van der Waals surface area contributed by atoms with Crippen molar-refractivity contribution in [1.29, 1.82) is 0 Å². The Morgan fingerprint density at radius 2 is 1.96 bits per heavy atom. The molecule has 132 valence electrons. The van der Waals surface area contributed by atoms with Crippen LogP contribution in [0.1, 0.15) is 5.56 Å². The Morgan fingerprint density at radius 3 is 2.64 bits per heavy atom. The van der Waals surface area contributed by atoms with E-state index < -0.39 is 17.8 Å². The number of carbonyl (C=O) groups excluding carboxylic acids is 1. The predicted molar refractivity (Wildman–Crippen MR) is 88.8 cm³/mol.